The Kier molecular flexibility index (Phi) is 9.74. The first-order valence-electron chi connectivity index (χ1n) is 21.0. The van der Waals surface area contributed by atoms with Gasteiger partial charge in [0.15, 0.2) is 18.9 Å². The number of epoxide rings is 1. The molecule has 2 spiro atoms. The van der Waals surface area contributed by atoms with Gasteiger partial charge in [0.1, 0.15) is 35.8 Å². The van der Waals surface area contributed by atoms with Crippen molar-refractivity contribution in [1.29, 1.82) is 0 Å². The first kappa shape index (κ1) is 38.4. The summed E-state index contributed by atoms with van der Waals surface area (Å²) in [6.07, 6.45) is 5.36. The van der Waals surface area contributed by atoms with Gasteiger partial charge in [0.25, 0.3) is 0 Å². The fourth-order valence-corrected chi connectivity index (χ4v) is 13.4. The van der Waals surface area contributed by atoms with E-state index in [4.69, 9.17) is 37.9 Å². The lowest BCUT2D eigenvalue weighted by Gasteiger charge is -2.58. The van der Waals surface area contributed by atoms with Crippen molar-refractivity contribution >= 4 is 0 Å². The van der Waals surface area contributed by atoms with Gasteiger partial charge in [0.2, 0.25) is 0 Å². The maximum atomic E-state index is 11.5. The molecule has 12 nitrogen and oxygen atoms in total. The molecule has 20 atom stereocenters. The van der Waals surface area contributed by atoms with E-state index in [0.29, 0.717) is 49.9 Å². The topological polar surface area (TPSA) is 158 Å². The average Bonchev–Trinajstić information content (AvgIpc) is 3.47. The molecule has 0 aromatic heterocycles. The van der Waals surface area contributed by atoms with Crippen LogP contribution in [0.25, 0.3) is 0 Å². The molecule has 4 saturated carbocycles. The summed E-state index contributed by atoms with van der Waals surface area (Å²) in [5, 5.41) is 43.0. The molecule has 0 aromatic carbocycles. The van der Waals surface area contributed by atoms with Gasteiger partial charge >= 0.3 is 0 Å². The predicted molar refractivity (Wildman–Crippen MR) is 193 cm³/mol. The molecule has 8 fully saturated rings. The second kappa shape index (κ2) is 13.7. The van der Waals surface area contributed by atoms with E-state index in [0.717, 1.165) is 44.9 Å². The van der Waals surface area contributed by atoms with E-state index in [2.05, 4.69) is 26.5 Å². The number of fused-ring (bicyclic) bond motifs is 2. The summed E-state index contributed by atoms with van der Waals surface area (Å²) in [4.78, 5) is 0. The van der Waals surface area contributed by atoms with Crippen molar-refractivity contribution in [2.75, 3.05) is 6.61 Å². The van der Waals surface area contributed by atoms with Crippen molar-refractivity contribution < 1.29 is 58.3 Å². The molecule has 4 N–H and O–H groups in total. The highest BCUT2D eigenvalue weighted by molar-refractivity contribution is 5.40. The summed E-state index contributed by atoms with van der Waals surface area (Å²) in [7, 11) is 0. The molecule has 9 aliphatic rings. The third kappa shape index (κ3) is 5.94. The van der Waals surface area contributed by atoms with Crippen LogP contribution in [0.4, 0.5) is 0 Å². The number of allylic oxidation sites excluding steroid dienone is 1. The van der Waals surface area contributed by atoms with E-state index in [1.165, 1.54) is 5.57 Å². The van der Waals surface area contributed by atoms with Crippen molar-refractivity contribution in [2.24, 2.45) is 28.6 Å². The van der Waals surface area contributed by atoms with Gasteiger partial charge in [-0.25, -0.2) is 0 Å². The van der Waals surface area contributed by atoms with Crippen LogP contribution in [0, 0.1) is 28.6 Å². The summed E-state index contributed by atoms with van der Waals surface area (Å²) >= 11 is 0. The monoisotopic (exact) mass is 760 g/mol. The summed E-state index contributed by atoms with van der Waals surface area (Å²) < 4.78 is 50.3. The number of aliphatic hydroxyl groups excluding tert-OH is 4. The van der Waals surface area contributed by atoms with E-state index in [1.54, 1.807) is 6.92 Å². The van der Waals surface area contributed by atoms with Gasteiger partial charge in [0, 0.05) is 37.0 Å². The average molecular weight is 761 g/mol. The second-order valence-corrected chi connectivity index (χ2v) is 19.1. The van der Waals surface area contributed by atoms with Crippen LogP contribution < -0.4 is 0 Å². The van der Waals surface area contributed by atoms with Crippen LogP contribution in [0.1, 0.15) is 112 Å². The van der Waals surface area contributed by atoms with Crippen LogP contribution in [0.2, 0.25) is 0 Å². The number of aliphatic hydroxyl groups is 4. The van der Waals surface area contributed by atoms with Gasteiger partial charge in [-0.1, -0.05) is 20.4 Å². The maximum absolute atomic E-state index is 11.5. The molecule has 4 aliphatic carbocycles. The molecule has 4 saturated heterocycles. The molecule has 13 unspecified atom stereocenters. The fraction of sp³-hybridized carbons (Fsp3) is 0.905. The van der Waals surface area contributed by atoms with Crippen LogP contribution >= 0.6 is 0 Å². The predicted octanol–water partition coefficient (Wildman–Crippen LogP) is 4.39. The third-order valence-electron chi connectivity index (χ3n) is 16.2. The zero-order chi connectivity index (χ0) is 37.9. The highest BCUT2D eigenvalue weighted by Gasteiger charge is 2.87. The Hall–Kier alpha value is -1.16. The number of hydrogen-bond acceptors (Lipinski definition) is 12. The highest BCUT2D eigenvalue weighted by Crippen LogP contribution is 2.81. The minimum Gasteiger partial charge on any atom is -0.490 e. The van der Waals surface area contributed by atoms with Crippen molar-refractivity contribution in [3.63, 3.8) is 0 Å². The smallest absolute Gasteiger partial charge is 0.161 e. The van der Waals surface area contributed by atoms with E-state index in [1.807, 2.05) is 13.8 Å². The minimum atomic E-state index is -0.924. The Labute approximate surface area is 319 Å². The maximum Gasteiger partial charge on any atom is 0.161 e. The van der Waals surface area contributed by atoms with Gasteiger partial charge in [-0.05, 0) is 101 Å². The quantitative estimate of drug-likeness (QED) is 0.215. The lowest BCUT2D eigenvalue weighted by molar-refractivity contribution is -0.323. The van der Waals surface area contributed by atoms with Crippen LogP contribution in [0.15, 0.2) is 24.0 Å². The second-order valence-electron chi connectivity index (χ2n) is 19.1. The van der Waals surface area contributed by atoms with E-state index in [-0.39, 0.29) is 58.8 Å². The summed E-state index contributed by atoms with van der Waals surface area (Å²) in [5.41, 5.74) is 0.799. The van der Waals surface area contributed by atoms with Crippen molar-refractivity contribution in [3.05, 3.63) is 24.0 Å². The normalized spacial score (nSPS) is 56.9. The molecule has 0 aromatic rings. The Morgan fingerprint density at radius 3 is 2.20 bits per heavy atom. The van der Waals surface area contributed by atoms with Crippen molar-refractivity contribution in [2.45, 2.75) is 203 Å². The summed E-state index contributed by atoms with van der Waals surface area (Å²) in [6, 6.07) is 0. The van der Waals surface area contributed by atoms with Crippen LogP contribution in [-0.4, -0.2) is 118 Å². The van der Waals surface area contributed by atoms with Crippen LogP contribution in [0.3, 0.4) is 0 Å². The molecule has 0 amide bonds. The largest absolute Gasteiger partial charge is 0.490 e. The Morgan fingerprint density at radius 2 is 1.48 bits per heavy atom. The molecule has 12 heteroatoms. The van der Waals surface area contributed by atoms with Gasteiger partial charge in [-0.2, -0.15) is 0 Å². The zero-order valence-corrected chi connectivity index (χ0v) is 32.8. The molecule has 9 rings (SSSR count). The van der Waals surface area contributed by atoms with E-state index >= 15 is 0 Å². The third-order valence-corrected chi connectivity index (χ3v) is 16.2. The zero-order valence-electron chi connectivity index (χ0n) is 32.8. The number of rotatable bonds is 7. The lowest BCUT2D eigenvalue weighted by Crippen LogP contribution is -2.59. The van der Waals surface area contributed by atoms with Gasteiger partial charge in [-0.15, -0.1) is 0 Å². The summed E-state index contributed by atoms with van der Waals surface area (Å²) in [5.74, 6) is 1.74. The Bertz CT molecular complexity index is 1450. The highest BCUT2D eigenvalue weighted by atomic mass is 16.7. The number of hydrogen-bond donors (Lipinski definition) is 4. The Morgan fingerprint density at radius 1 is 0.741 bits per heavy atom. The Balaban J connectivity index is 0.770. The lowest BCUT2D eigenvalue weighted by atomic mass is 9.44. The van der Waals surface area contributed by atoms with Gasteiger partial charge in [0.05, 0.1) is 48.8 Å². The molecule has 5 aliphatic heterocycles. The van der Waals surface area contributed by atoms with Gasteiger partial charge in [-0.3, -0.25) is 0 Å². The van der Waals surface area contributed by atoms with Crippen LogP contribution in [-0.2, 0) is 37.9 Å². The van der Waals surface area contributed by atoms with Crippen molar-refractivity contribution in [1.82, 2.24) is 0 Å². The van der Waals surface area contributed by atoms with Gasteiger partial charge < -0.3 is 58.3 Å². The van der Waals surface area contributed by atoms with Crippen LogP contribution in [0.5, 0.6) is 0 Å². The molecular weight excluding hydrogens is 696 g/mol. The molecule has 0 radical (unpaired) electrons. The fourth-order valence-electron chi connectivity index (χ4n) is 13.4. The van der Waals surface area contributed by atoms with Crippen molar-refractivity contribution in [3.8, 4) is 0 Å². The molecule has 54 heavy (non-hydrogen) atoms. The molecule has 5 heterocycles. The van der Waals surface area contributed by atoms with E-state index in [9.17, 15) is 20.4 Å². The van der Waals surface area contributed by atoms with E-state index < -0.39 is 55.5 Å². The molecule has 304 valence electrons. The minimum absolute atomic E-state index is 0.0510. The molecular formula is C42H64O12. The molecule has 0 bridgehead atoms. The summed E-state index contributed by atoms with van der Waals surface area (Å²) in [6.45, 7) is 15.0. The SMILES string of the molecule is C=C1C=C(C2C(O)C[C@@]34OC35CC[C@@H]3CC(O[C@@H]6CC(O)[C@H](OC7CC[C@@H](OC8CC(O)C(O)C(C)O8)C(C)O7)C(C)O6)CC[C@@]3(C)C5CC[C@]24C)CO1. The first-order chi connectivity index (χ1) is 25.7. The standard InChI is InChI=1S/C42H64O12/c1-21-15-25(20-47-21)36-30(45)19-42-40(36,6)13-11-32-39(5)12-10-27(16-26(39)9-14-41(32,42)54-42)51-34-18-29(44)38(24(4)50-34)53-33-8-7-31(22(2)48-33)52-35-17-28(43)37(46)23(3)49-35/h15,22-24,26-38,43-46H,1,7-14,16-20H2,2-6H3/t22?,23?,24?,26-,27?,28?,29?,30?,31-,32?,33?,34-,35?,36?,37?,38-,39-,40-,41?,42+/m1/s1. The number of ether oxygens (including phenoxy) is 8. The first-order valence-corrected chi connectivity index (χ1v) is 21.0.